The zero-order valence-corrected chi connectivity index (χ0v) is 10.2. The molecule has 0 aliphatic carbocycles. The number of ether oxygens (including phenoxy) is 2. The summed E-state index contributed by atoms with van der Waals surface area (Å²) in [6, 6.07) is 9.66. The summed E-state index contributed by atoms with van der Waals surface area (Å²) in [6.45, 7) is 0.906. The normalized spacial score (nSPS) is 10.3. The number of nitrogens with zero attached hydrogens (tertiary/aromatic N) is 2. The molecule has 94 valence electrons. The van der Waals surface area contributed by atoms with Crippen LogP contribution in [0.25, 0.3) is 0 Å². The molecule has 0 fully saturated rings. The van der Waals surface area contributed by atoms with Gasteiger partial charge in [0, 0.05) is 19.9 Å². The average molecular weight is 245 g/mol. The van der Waals surface area contributed by atoms with Crippen molar-refractivity contribution < 1.29 is 9.47 Å². The summed E-state index contributed by atoms with van der Waals surface area (Å²) in [5.41, 5.74) is 7.29. The van der Waals surface area contributed by atoms with Crippen molar-refractivity contribution in [2.75, 3.05) is 7.11 Å². The van der Waals surface area contributed by atoms with Crippen LogP contribution in [0.4, 0.5) is 0 Å². The van der Waals surface area contributed by atoms with Gasteiger partial charge in [-0.05, 0) is 23.8 Å². The molecule has 0 amide bonds. The fourth-order valence-corrected chi connectivity index (χ4v) is 1.51. The minimum atomic E-state index is 0.299. The third-order valence-electron chi connectivity index (χ3n) is 2.32. The molecule has 5 nitrogen and oxygen atoms in total. The smallest absolute Gasteiger partial charge is 0.322 e. The Morgan fingerprint density at radius 2 is 2.17 bits per heavy atom. The van der Waals surface area contributed by atoms with E-state index in [0.29, 0.717) is 24.9 Å². The minimum absolute atomic E-state index is 0.299. The van der Waals surface area contributed by atoms with Gasteiger partial charge in [0.2, 0.25) is 0 Å². The summed E-state index contributed by atoms with van der Waals surface area (Å²) < 4.78 is 10.6. The summed E-state index contributed by atoms with van der Waals surface area (Å²) in [7, 11) is 1.65. The van der Waals surface area contributed by atoms with E-state index >= 15 is 0 Å². The van der Waals surface area contributed by atoms with Crippen LogP contribution in [0.3, 0.4) is 0 Å². The van der Waals surface area contributed by atoms with Crippen molar-refractivity contribution >= 4 is 0 Å². The van der Waals surface area contributed by atoms with Crippen molar-refractivity contribution in [3.05, 3.63) is 47.8 Å². The fraction of sp³-hybridized carbons (Fsp3) is 0.231. The average Bonchev–Trinajstić information content (AvgIpc) is 2.40. The molecule has 0 radical (unpaired) electrons. The van der Waals surface area contributed by atoms with Crippen LogP contribution in [-0.4, -0.2) is 17.1 Å². The Kier molecular flexibility index (Phi) is 4.22. The van der Waals surface area contributed by atoms with Crippen LogP contribution in [0.5, 0.6) is 11.8 Å². The van der Waals surface area contributed by atoms with Gasteiger partial charge in [0.25, 0.3) is 0 Å². The van der Waals surface area contributed by atoms with Crippen LogP contribution < -0.4 is 10.5 Å². The number of aromatic nitrogens is 2. The lowest BCUT2D eigenvalue weighted by atomic mass is 10.2. The van der Waals surface area contributed by atoms with Crippen LogP contribution in [0.1, 0.15) is 11.3 Å². The molecule has 0 saturated carbocycles. The fourth-order valence-electron chi connectivity index (χ4n) is 1.51. The lowest BCUT2D eigenvalue weighted by Gasteiger charge is -2.06. The van der Waals surface area contributed by atoms with Crippen LogP contribution in [0.2, 0.25) is 0 Å². The Bertz CT molecular complexity index is 517. The summed E-state index contributed by atoms with van der Waals surface area (Å²) in [5.74, 6) is 0.679. The van der Waals surface area contributed by atoms with Gasteiger partial charge in [-0.1, -0.05) is 12.1 Å². The van der Waals surface area contributed by atoms with E-state index in [-0.39, 0.29) is 0 Å². The Morgan fingerprint density at radius 3 is 2.94 bits per heavy atom. The van der Waals surface area contributed by atoms with E-state index in [2.05, 4.69) is 9.97 Å². The van der Waals surface area contributed by atoms with Gasteiger partial charge in [-0.2, -0.15) is 4.98 Å². The lowest BCUT2D eigenvalue weighted by molar-refractivity contribution is 0.184. The van der Waals surface area contributed by atoms with E-state index in [1.807, 2.05) is 24.3 Å². The molecular weight excluding hydrogens is 230 g/mol. The summed E-state index contributed by atoms with van der Waals surface area (Å²) >= 11 is 0. The Hall–Kier alpha value is -1.98. The van der Waals surface area contributed by atoms with E-state index in [1.165, 1.54) is 0 Å². The van der Waals surface area contributed by atoms with E-state index < -0.39 is 0 Å². The van der Waals surface area contributed by atoms with Crippen molar-refractivity contribution in [2.24, 2.45) is 5.73 Å². The highest BCUT2D eigenvalue weighted by Crippen LogP contribution is 2.19. The molecule has 18 heavy (non-hydrogen) atoms. The second-order valence-electron chi connectivity index (χ2n) is 3.72. The van der Waals surface area contributed by atoms with Crippen molar-refractivity contribution in [3.8, 4) is 11.8 Å². The van der Waals surface area contributed by atoms with Crippen LogP contribution in [-0.2, 0) is 17.9 Å². The highest BCUT2D eigenvalue weighted by Gasteiger charge is 2.02. The van der Waals surface area contributed by atoms with Gasteiger partial charge in [-0.25, -0.2) is 4.98 Å². The monoisotopic (exact) mass is 245 g/mol. The van der Waals surface area contributed by atoms with Crippen LogP contribution in [0, 0.1) is 0 Å². The van der Waals surface area contributed by atoms with Crippen molar-refractivity contribution in [1.29, 1.82) is 0 Å². The van der Waals surface area contributed by atoms with E-state index in [0.717, 1.165) is 11.3 Å². The quantitative estimate of drug-likeness (QED) is 0.870. The molecule has 0 unspecified atom stereocenters. The van der Waals surface area contributed by atoms with E-state index in [4.69, 9.17) is 15.2 Å². The Morgan fingerprint density at radius 1 is 1.28 bits per heavy atom. The summed E-state index contributed by atoms with van der Waals surface area (Å²) in [6.07, 6.45) is 1.63. The minimum Gasteiger partial charge on any atom is -0.424 e. The molecule has 1 aromatic heterocycles. The molecule has 0 spiro atoms. The lowest BCUT2D eigenvalue weighted by Crippen LogP contribution is -2.01. The van der Waals surface area contributed by atoms with Crippen LogP contribution in [0.15, 0.2) is 36.5 Å². The first-order valence-electron chi connectivity index (χ1n) is 5.59. The second-order valence-corrected chi connectivity index (χ2v) is 3.72. The number of benzene rings is 1. The first-order chi connectivity index (χ1) is 8.81. The summed E-state index contributed by atoms with van der Waals surface area (Å²) in [4.78, 5) is 8.21. The van der Waals surface area contributed by atoms with Crippen molar-refractivity contribution in [2.45, 2.75) is 13.2 Å². The summed E-state index contributed by atoms with van der Waals surface area (Å²) in [5, 5.41) is 0. The maximum atomic E-state index is 5.57. The molecule has 0 atom stereocenters. The molecule has 1 heterocycles. The van der Waals surface area contributed by atoms with E-state index in [1.54, 1.807) is 19.4 Å². The maximum Gasteiger partial charge on any atom is 0.322 e. The van der Waals surface area contributed by atoms with Gasteiger partial charge in [0.15, 0.2) is 0 Å². The molecule has 0 bridgehead atoms. The SMILES string of the molecule is COCc1cccc(Oc2nccc(CN)n2)c1. The van der Waals surface area contributed by atoms with Gasteiger partial charge in [-0.15, -0.1) is 0 Å². The molecule has 5 heteroatoms. The maximum absolute atomic E-state index is 5.57. The first kappa shape index (κ1) is 12.5. The molecule has 0 aliphatic rings. The first-order valence-corrected chi connectivity index (χ1v) is 5.59. The second kappa shape index (κ2) is 6.09. The largest absolute Gasteiger partial charge is 0.424 e. The molecule has 2 rings (SSSR count). The van der Waals surface area contributed by atoms with Gasteiger partial charge < -0.3 is 15.2 Å². The van der Waals surface area contributed by atoms with Crippen LogP contribution >= 0.6 is 0 Å². The standard InChI is InChI=1S/C13H15N3O2/c1-17-9-10-3-2-4-12(7-10)18-13-15-6-5-11(8-14)16-13/h2-7H,8-9,14H2,1H3. The number of rotatable bonds is 5. The van der Waals surface area contributed by atoms with Gasteiger partial charge in [-0.3, -0.25) is 0 Å². The molecule has 1 aromatic carbocycles. The number of nitrogens with two attached hydrogens (primary N) is 1. The topological polar surface area (TPSA) is 70.3 Å². The third-order valence-corrected chi connectivity index (χ3v) is 2.32. The highest BCUT2D eigenvalue weighted by molar-refractivity contribution is 5.30. The molecule has 0 saturated heterocycles. The zero-order chi connectivity index (χ0) is 12.8. The molecular formula is C13H15N3O2. The van der Waals surface area contributed by atoms with Crippen molar-refractivity contribution in [1.82, 2.24) is 9.97 Å². The molecule has 0 aliphatic heterocycles. The number of hydrogen-bond donors (Lipinski definition) is 1. The number of hydrogen-bond acceptors (Lipinski definition) is 5. The Labute approximate surface area is 106 Å². The molecule has 2 aromatic rings. The predicted molar refractivity (Wildman–Crippen MR) is 67.2 cm³/mol. The zero-order valence-electron chi connectivity index (χ0n) is 10.2. The van der Waals surface area contributed by atoms with Gasteiger partial charge in [0.1, 0.15) is 5.75 Å². The van der Waals surface area contributed by atoms with E-state index in [9.17, 15) is 0 Å². The predicted octanol–water partition coefficient (Wildman–Crippen LogP) is 1.87. The van der Waals surface area contributed by atoms with Gasteiger partial charge in [0.05, 0.1) is 12.3 Å². The van der Waals surface area contributed by atoms with Crippen molar-refractivity contribution in [3.63, 3.8) is 0 Å². The molecule has 2 N–H and O–H groups in total. The highest BCUT2D eigenvalue weighted by atomic mass is 16.5. The Balaban J connectivity index is 2.14. The number of methoxy groups -OCH3 is 1. The van der Waals surface area contributed by atoms with Gasteiger partial charge >= 0.3 is 6.01 Å². The third kappa shape index (κ3) is 3.26.